The van der Waals surface area contributed by atoms with Crippen molar-refractivity contribution in [1.29, 1.82) is 0 Å². The molecule has 5 rings (SSSR count). The van der Waals surface area contributed by atoms with Crippen LogP contribution in [0.15, 0.2) is 46.8 Å². The van der Waals surface area contributed by atoms with Crippen LogP contribution in [0.5, 0.6) is 0 Å². The lowest BCUT2D eigenvalue weighted by Gasteiger charge is -2.29. The largest absolute Gasteiger partial charge is 0.309 e. The molecule has 4 heterocycles. The number of hydrogen-bond acceptors (Lipinski definition) is 5. The fourth-order valence-corrected chi connectivity index (χ4v) is 4.99. The third-order valence-corrected chi connectivity index (χ3v) is 6.51. The summed E-state index contributed by atoms with van der Waals surface area (Å²) < 4.78 is 0. The number of likely N-dealkylation sites (tertiary alicyclic amines) is 1. The second-order valence-electron chi connectivity index (χ2n) is 7.11. The first kappa shape index (κ1) is 15.4. The smallest absolute Gasteiger partial charge is 0.206 e. The first-order valence-corrected chi connectivity index (χ1v) is 10.3. The molecule has 0 saturated carbocycles. The standard InChI is InChI=1S/C20H24N4S/c1-4-10-22(11-5-1)12-13-23-17-7-2-3-8-18(17)24-15-16(21-20(23)24)19-9-6-14-25-19/h2-3,6-9,14,16H,1,4-5,10-13,15H2. The van der Waals surface area contributed by atoms with Crippen LogP contribution in [-0.4, -0.2) is 43.6 Å². The molecule has 2 aromatic rings. The van der Waals surface area contributed by atoms with Crippen LogP contribution in [0.25, 0.3) is 0 Å². The van der Waals surface area contributed by atoms with E-state index < -0.39 is 0 Å². The quantitative estimate of drug-likeness (QED) is 0.831. The van der Waals surface area contributed by atoms with Crippen LogP contribution in [0.2, 0.25) is 0 Å². The Morgan fingerprint density at radius 2 is 1.80 bits per heavy atom. The summed E-state index contributed by atoms with van der Waals surface area (Å²) in [5.41, 5.74) is 2.64. The Hall–Kier alpha value is -1.85. The molecule has 1 saturated heterocycles. The molecule has 130 valence electrons. The van der Waals surface area contributed by atoms with Gasteiger partial charge in [0.2, 0.25) is 5.96 Å². The molecular formula is C20H24N4S. The highest BCUT2D eigenvalue weighted by Crippen LogP contribution is 2.42. The molecule has 5 heteroatoms. The number of piperidine rings is 1. The summed E-state index contributed by atoms with van der Waals surface area (Å²) in [6.45, 7) is 5.63. The Morgan fingerprint density at radius 1 is 0.960 bits per heavy atom. The van der Waals surface area contributed by atoms with E-state index >= 15 is 0 Å². The third kappa shape index (κ3) is 2.75. The van der Waals surface area contributed by atoms with Crippen LogP contribution in [0.4, 0.5) is 11.4 Å². The van der Waals surface area contributed by atoms with E-state index in [2.05, 4.69) is 56.5 Å². The summed E-state index contributed by atoms with van der Waals surface area (Å²) in [5, 5.41) is 2.15. The van der Waals surface area contributed by atoms with Gasteiger partial charge in [0.1, 0.15) is 6.04 Å². The summed E-state index contributed by atoms with van der Waals surface area (Å²) in [6.07, 6.45) is 4.10. The average Bonchev–Trinajstić information content (AvgIpc) is 3.37. The topological polar surface area (TPSA) is 22.1 Å². The van der Waals surface area contributed by atoms with Crippen molar-refractivity contribution in [3.8, 4) is 0 Å². The van der Waals surface area contributed by atoms with E-state index in [1.54, 1.807) is 0 Å². The zero-order chi connectivity index (χ0) is 16.6. The Kier molecular flexibility index (Phi) is 3.98. The summed E-state index contributed by atoms with van der Waals surface area (Å²) >= 11 is 1.82. The molecule has 0 amide bonds. The maximum atomic E-state index is 5.11. The molecular weight excluding hydrogens is 328 g/mol. The van der Waals surface area contributed by atoms with Gasteiger partial charge in [-0.05, 0) is 49.5 Å². The van der Waals surface area contributed by atoms with E-state index in [0.29, 0.717) is 0 Å². The van der Waals surface area contributed by atoms with E-state index in [4.69, 9.17) is 4.99 Å². The summed E-state index contributed by atoms with van der Waals surface area (Å²) in [6, 6.07) is 13.4. The van der Waals surface area contributed by atoms with Crippen molar-refractivity contribution in [2.45, 2.75) is 25.3 Å². The highest BCUT2D eigenvalue weighted by molar-refractivity contribution is 7.10. The van der Waals surface area contributed by atoms with Gasteiger partial charge in [-0.1, -0.05) is 24.6 Å². The number of fused-ring (bicyclic) bond motifs is 3. The second kappa shape index (κ2) is 6.46. The number of guanidine groups is 1. The van der Waals surface area contributed by atoms with Gasteiger partial charge in [-0.2, -0.15) is 0 Å². The molecule has 4 nitrogen and oxygen atoms in total. The average molecular weight is 353 g/mol. The third-order valence-electron chi connectivity index (χ3n) is 5.53. The van der Waals surface area contributed by atoms with Crippen molar-refractivity contribution in [2.24, 2.45) is 4.99 Å². The number of aliphatic imine (C=N–C) groups is 1. The number of benzene rings is 1. The molecule has 0 radical (unpaired) electrons. The van der Waals surface area contributed by atoms with Crippen molar-refractivity contribution < 1.29 is 0 Å². The number of nitrogens with zero attached hydrogens (tertiary/aromatic N) is 4. The minimum atomic E-state index is 0.279. The number of thiophene rings is 1. The van der Waals surface area contributed by atoms with Gasteiger partial charge in [0.05, 0.1) is 17.9 Å². The van der Waals surface area contributed by atoms with Gasteiger partial charge in [-0.15, -0.1) is 11.3 Å². The van der Waals surface area contributed by atoms with Crippen molar-refractivity contribution in [3.05, 3.63) is 46.7 Å². The van der Waals surface area contributed by atoms with Gasteiger partial charge in [0, 0.05) is 18.0 Å². The van der Waals surface area contributed by atoms with Crippen LogP contribution in [0.1, 0.15) is 30.2 Å². The second-order valence-corrected chi connectivity index (χ2v) is 8.09. The Balaban J connectivity index is 1.40. The molecule has 25 heavy (non-hydrogen) atoms. The summed E-state index contributed by atoms with van der Waals surface area (Å²) in [7, 11) is 0. The van der Waals surface area contributed by atoms with Crippen LogP contribution in [-0.2, 0) is 0 Å². The van der Waals surface area contributed by atoms with Crippen molar-refractivity contribution in [2.75, 3.05) is 42.5 Å². The Morgan fingerprint density at radius 3 is 2.60 bits per heavy atom. The van der Waals surface area contributed by atoms with E-state index in [1.165, 1.54) is 48.6 Å². The van der Waals surface area contributed by atoms with Crippen LogP contribution < -0.4 is 9.80 Å². The first-order valence-electron chi connectivity index (χ1n) is 9.38. The predicted molar refractivity (Wildman–Crippen MR) is 106 cm³/mol. The molecule has 1 atom stereocenters. The van der Waals surface area contributed by atoms with Gasteiger partial charge in [-0.3, -0.25) is 0 Å². The molecule has 0 bridgehead atoms. The minimum Gasteiger partial charge on any atom is -0.309 e. The molecule has 1 aromatic carbocycles. The fourth-order valence-electron chi connectivity index (χ4n) is 4.23. The number of anilines is 2. The van der Waals surface area contributed by atoms with Crippen molar-refractivity contribution >= 4 is 28.7 Å². The van der Waals surface area contributed by atoms with E-state index in [-0.39, 0.29) is 6.04 Å². The zero-order valence-electron chi connectivity index (χ0n) is 14.5. The zero-order valence-corrected chi connectivity index (χ0v) is 15.3. The first-order chi connectivity index (χ1) is 12.4. The molecule has 1 aromatic heterocycles. The maximum Gasteiger partial charge on any atom is 0.206 e. The van der Waals surface area contributed by atoms with Gasteiger partial charge in [0.25, 0.3) is 0 Å². The normalized spacial score (nSPS) is 22.9. The lowest BCUT2D eigenvalue weighted by Crippen LogP contribution is -2.42. The lowest BCUT2D eigenvalue weighted by molar-refractivity contribution is 0.235. The van der Waals surface area contributed by atoms with Crippen LogP contribution in [0.3, 0.4) is 0 Å². The molecule has 1 unspecified atom stereocenters. The SMILES string of the molecule is c1csc(C2CN3C(=N2)N(CCN2CCCCC2)c2ccccc23)c1. The van der Waals surface area contributed by atoms with Gasteiger partial charge < -0.3 is 14.7 Å². The van der Waals surface area contributed by atoms with Crippen LogP contribution >= 0.6 is 11.3 Å². The predicted octanol–water partition coefficient (Wildman–Crippen LogP) is 3.97. The number of hydrogen-bond donors (Lipinski definition) is 0. The van der Waals surface area contributed by atoms with Gasteiger partial charge in [-0.25, -0.2) is 4.99 Å². The summed E-state index contributed by atoms with van der Waals surface area (Å²) in [4.78, 5) is 14.0. The molecule has 0 N–H and O–H groups in total. The highest BCUT2D eigenvalue weighted by atomic mass is 32.1. The highest BCUT2D eigenvalue weighted by Gasteiger charge is 2.39. The monoisotopic (exact) mass is 352 g/mol. The Labute approximate surface area is 153 Å². The molecule has 3 aliphatic rings. The van der Waals surface area contributed by atoms with Gasteiger partial charge in [0.15, 0.2) is 0 Å². The van der Waals surface area contributed by atoms with E-state index in [0.717, 1.165) is 25.6 Å². The molecule has 3 aliphatic heterocycles. The van der Waals surface area contributed by atoms with E-state index in [1.807, 2.05) is 11.3 Å². The Bertz CT molecular complexity index is 764. The maximum absolute atomic E-state index is 5.11. The fraction of sp³-hybridized carbons (Fsp3) is 0.450. The molecule has 0 spiro atoms. The molecule has 0 aliphatic carbocycles. The van der Waals surface area contributed by atoms with Crippen LogP contribution in [0, 0.1) is 0 Å². The van der Waals surface area contributed by atoms with Crippen molar-refractivity contribution in [3.63, 3.8) is 0 Å². The van der Waals surface area contributed by atoms with E-state index in [9.17, 15) is 0 Å². The summed E-state index contributed by atoms with van der Waals surface area (Å²) in [5.74, 6) is 1.15. The molecule has 1 fully saturated rings. The number of para-hydroxylation sites is 2. The minimum absolute atomic E-state index is 0.279. The van der Waals surface area contributed by atoms with Crippen molar-refractivity contribution in [1.82, 2.24) is 4.90 Å². The number of rotatable bonds is 4. The lowest BCUT2D eigenvalue weighted by atomic mass is 10.1. The van der Waals surface area contributed by atoms with Gasteiger partial charge >= 0.3 is 0 Å².